The summed E-state index contributed by atoms with van der Waals surface area (Å²) in [6.45, 7) is 2.84. The van der Waals surface area contributed by atoms with Crippen LogP contribution in [0.4, 0.5) is 4.39 Å². The fraction of sp³-hybridized carbons (Fsp3) is 0.353. The molecule has 1 fully saturated rings. The van der Waals surface area contributed by atoms with Crippen LogP contribution in [0.1, 0.15) is 18.9 Å². The Labute approximate surface area is 139 Å². The minimum atomic E-state index is -0.999. The van der Waals surface area contributed by atoms with Crippen LogP contribution in [0.5, 0.6) is 0 Å². The maximum atomic E-state index is 13.0. The fourth-order valence-corrected chi connectivity index (χ4v) is 2.86. The summed E-state index contributed by atoms with van der Waals surface area (Å²) in [7, 11) is 0. The van der Waals surface area contributed by atoms with Crippen molar-refractivity contribution in [1.29, 1.82) is 0 Å². The van der Waals surface area contributed by atoms with Crippen LogP contribution in [0.25, 0.3) is 5.57 Å². The lowest BCUT2D eigenvalue weighted by molar-refractivity contribution is -0.126. The Bertz CT molecular complexity index is 742. The van der Waals surface area contributed by atoms with Gasteiger partial charge in [-0.25, -0.2) is 9.07 Å². The molecule has 3 rings (SSSR count). The van der Waals surface area contributed by atoms with E-state index in [0.717, 1.165) is 11.1 Å². The Morgan fingerprint density at radius 2 is 2.17 bits per heavy atom. The number of carbonyl (C=O) groups excluding carboxylic acids is 1. The largest absolute Gasteiger partial charge is 0.386 e. The number of β-amino-alcohol motifs (C(OH)–C–C–N with tert-alkyl or cyclic N) is 1. The van der Waals surface area contributed by atoms with Gasteiger partial charge < -0.3 is 10.0 Å². The van der Waals surface area contributed by atoms with Gasteiger partial charge in [-0.05, 0) is 36.6 Å². The minimum absolute atomic E-state index is 0.161. The molecule has 1 amide bonds. The summed E-state index contributed by atoms with van der Waals surface area (Å²) < 4.78 is 14.5. The number of halogens is 1. The monoisotopic (exact) mass is 330 g/mol. The summed E-state index contributed by atoms with van der Waals surface area (Å²) in [6, 6.07) is 6.01. The second kappa shape index (κ2) is 6.52. The number of benzene rings is 1. The number of aliphatic hydroxyl groups is 1. The number of carbonyl (C=O) groups is 1. The van der Waals surface area contributed by atoms with Crippen LogP contribution in [0, 0.1) is 5.82 Å². The van der Waals surface area contributed by atoms with E-state index in [1.165, 1.54) is 18.2 Å². The molecule has 7 heteroatoms. The van der Waals surface area contributed by atoms with E-state index in [0.29, 0.717) is 19.5 Å². The van der Waals surface area contributed by atoms with E-state index in [1.54, 1.807) is 34.1 Å². The quantitative estimate of drug-likeness (QED) is 0.862. The molecule has 24 heavy (non-hydrogen) atoms. The summed E-state index contributed by atoms with van der Waals surface area (Å²) in [5.74, 6) is -0.470. The number of hydrogen-bond donors (Lipinski definition) is 1. The van der Waals surface area contributed by atoms with Crippen molar-refractivity contribution in [3.8, 4) is 0 Å². The molecule has 2 aromatic rings. The zero-order valence-electron chi connectivity index (χ0n) is 13.4. The molecule has 1 aliphatic rings. The van der Waals surface area contributed by atoms with Crippen LogP contribution in [0.15, 0.2) is 42.7 Å². The highest BCUT2D eigenvalue weighted by atomic mass is 19.1. The summed E-state index contributed by atoms with van der Waals surface area (Å²) in [4.78, 5) is 14.0. The van der Waals surface area contributed by atoms with E-state index in [-0.39, 0.29) is 18.3 Å². The standard InChI is InChI=1S/C17H19FN4O2/c1-13(14-2-4-15(18)5-3-14)10-16(23)21-8-6-17(24,11-21)12-22-9-7-19-20-22/h2-5,7,9-10,24H,6,8,11-12H2,1H3/b13-10+. The van der Waals surface area contributed by atoms with Crippen molar-refractivity contribution >= 4 is 11.5 Å². The van der Waals surface area contributed by atoms with E-state index >= 15 is 0 Å². The van der Waals surface area contributed by atoms with Gasteiger partial charge in [-0.2, -0.15) is 0 Å². The molecule has 6 nitrogen and oxygen atoms in total. The molecule has 1 aromatic carbocycles. The van der Waals surface area contributed by atoms with Crippen molar-refractivity contribution in [2.24, 2.45) is 0 Å². The van der Waals surface area contributed by atoms with Gasteiger partial charge in [-0.3, -0.25) is 4.79 Å². The Hall–Kier alpha value is -2.54. The average molecular weight is 330 g/mol. The van der Waals surface area contributed by atoms with Crippen molar-refractivity contribution in [3.63, 3.8) is 0 Å². The third-order valence-corrected chi connectivity index (χ3v) is 4.21. The maximum Gasteiger partial charge on any atom is 0.246 e. The third kappa shape index (κ3) is 3.68. The third-order valence-electron chi connectivity index (χ3n) is 4.21. The zero-order valence-corrected chi connectivity index (χ0v) is 13.4. The second-order valence-corrected chi connectivity index (χ2v) is 6.17. The van der Waals surface area contributed by atoms with E-state index in [1.807, 2.05) is 6.92 Å². The predicted molar refractivity (Wildman–Crippen MR) is 86.2 cm³/mol. The lowest BCUT2D eigenvalue weighted by Gasteiger charge is -2.22. The van der Waals surface area contributed by atoms with Gasteiger partial charge in [0.05, 0.1) is 19.3 Å². The molecule has 1 saturated heterocycles. The Balaban J connectivity index is 1.65. The normalized spacial score (nSPS) is 21.3. The molecule has 1 aliphatic heterocycles. The number of hydrogen-bond acceptors (Lipinski definition) is 4. The molecule has 0 bridgehead atoms. The molecule has 2 heterocycles. The molecule has 0 saturated carbocycles. The van der Waals surface area contributed by atoms with Gasteiger partial charge in [0, 0.05) is 18.8 Å². The molecule has 1 aromatic heterocycles. The van der Waals surface area contributed by atoms with E-state index in [9.17, 15) is 14.3 Å². The number of nitrogens with zero attached hydrogens (tertiary/aromatic N) is 4. The summed E-state index contributed by atoms with van der Waals surface area (Å²) in [5, 5.41) is 18.2. The summed E-state index contributed by atoms with van der Waals surface area (Å²) in [6.07, 6.45) is 5.24. The Morgan fingerprint density at radius 3 is 2.83 bits per heavy atom. The van der Waals surface area contributed by atoms with Gasteiger partial charge in [0.2, 0.25) is 5.91 Å². The van der Waals surface area contributed by atoms with Crippen LogP contribution in [-0.4, -0.2) is 49.6 Å². The number of aromatic nitrogens is 3. The molecule has 1 N–H and O–H groups in total. The van der Waals surface area contributed by atoms with Crippen LogP contribution < -0.4 is 0 Å². The van der Waals surface area contributed by atoms with Crippen molar-refractivity contribution in [2.45, 2.75) is 25.5 Å². The van der Waals surface area contributed by atoms with Gasteiger partial charge in [0.1, 0.15) is 11.4 Å². The SMILES string of the molecule is C/C(=C\C(=O)N1CCC(O)(Cn2ccnn2)C1)c1ccc(F)cc1. The molecule has 1 atom stereocenters. The lowest BCUT2D eigenvalue weighted by Crippen LogP contribution is -2.39. The molecule has 0 radical (unpaired) electrons. The van der Waals surface area contributed by atoms with E-state index < -0.39 is 5.60 Å². The first-order chi connectivity index (χ1) is 11.5. The van der Waals surface area contributed by atoms with Crippen LogP contribution in [-0.2, 0) is 11.3 Å². The number of amides is 1. The number of allylic oxidation sites excluding steroid dienone is 1. The highest BCUT2D eigenvalue weighted by molar-refractivity contribution is 5.95. The van der Waals surface area contributed by atoms with Crippen LogP contribution in [0.2, 0.25) is 0 Å². The van der Waals surface area contributed by atoms with Gasteiger partial charge >= 0.3 is 0 Å². The summed E-state index contributed by atoms with van der Waals surface area (Å²) >= 11 is 0. The smallest absolute Gasteiger partial charge is 0.246 e. The topological polar surface area (TPSA) is 71.2 Å². The highest BCUT2D eigenvalue weighted by Crippen LogP contribution is 2.24. The first-order valence-corrected chi connectivity index (χ1v) is 7.75. The van der Waals surface area contributed by atoms with Crippen molar-refractivity contribution < 1.29 is 14.3 Å². The van der Waals surface area contributed by atoms with Crippen LogP contribution in [0.3, 0.4) is 0 Å². The lowest BCUT2D eigenvalue weighted by atomic mass is 10.0. The average Bonchev–Trinajstić information content (AvgIpc) is 3.18. The Kier molecular flexibility index (Phi) is 4.44. The van der Waals surface area contributed by atoms with Crippen molar-refractivity contribution in [2.75, 3.05) is 13.1 Å². The predicted octanol–water partition coefficient (Wildman–Crippen LogP) is 1.48. The molecular weight excluding hydrogens is 311 g/mol. The first kappa shape index (κ1) is 16.3. The van der Waals surface area contributed by atoms with Gasteiger partial charge in [0.15, 0.2) is 0 Å². The van der Waals surface area contributed by atoms with E-state index in [2.05, 4.69) is 10.3 Å². The van der Waals surface area contributed by atoms with Crippen molar-refractivity contribution in [1.82, 2.24) is 19.9 Å². The number of rotatable bonds is 4. The Morgan fingerprint density at radius 1 is 1.42 bits per heavy atom. The second-order valence-electron chi connectivity index (χ2n) is 6.17. The van der Waals surface area contributed by atoms with Gasteiger partial charge in [-0.15, -0.1) is 5.10 Å². The number of likely N-dealkylation sites (tertiary alicyclic amines) is 1. The molecule has 0 spiro atoms. The van der Waals surface area contributed by atoms with Crippen molar-refractivity contribution in [3.05, 3.63) is 54.1 Å². The summed E-state index contributed by atoms with van der Waals surface area (Å²) in [5.41, 5.74) is 0.551. The molecular formula is C17H19FN4O2. The molecule has 1 unspecified atom stereocenters. The highest BCUT2D eigenvalue weighted by Gasteiger charge is 2.38. The van der Waals surface area contributed by atoms with Gasteiger partial charge in [0.25, 0.3) is 0 Å². The van der Waals surface area contributed by atoms with Crippen LogP contribution >= 0.6 is 0 Å². The zero-order chi connectivity index (χ0) is 17.2. The van der Waals surface area contributed by atoms with E-state index in [4.69, 9.17) is 0 Å². The maximum absolute atomic E-state index is 13.0. The first-order valence-electron chi connectivity index (χ1n) is 7.75. The van der Waals surface area contributed by atoms with Gasteiger partial charge in [-0.1, -0.05) is 17.3 Å². The molecule has 126 valence electrons. The molecule has 0 aliphatic carbocycles. The fourth-order valence-electron chi connectivity index (χ4n) is 2.86. The minimum Gasteiger partial charge on any atom is -0.386 e.